The quantitative estimate of drug-likeness (QED) is 0.383. The van der Waals surface area contributed by atoms with Crippen molar-refractivity contribution in [2.45, 2.75) is 70.2 Å². The summed E-state index contributed by atoms with van der Waals surface area (Å²) < 4.78 is 20.3. The van der Waals surface area contributed by atoms with Gasteiger partial charge in [0.15, 0.2) is 11.6 Å². The first kappa shape index (κ1) is 29.9. The lowest BCUT2D eigenvalue weighted by atomic mass is 9.99. The lowest BCUT2D eigenvalue weighted by Crippen LogP contribution is -2.55. The van der Waals surface area contributed by atoms with Crippen LogP contribution in [-0.4, -0.2) is 65.3 Å². The minimum absolute atomic E-state index is 0.146. The van der Waals surface area contributed by atoms with Crippen molar-refractivity contribution in [3.63, 3.8) is 0 Å². The highest BCUT2D eigenvalue weighted by molar-refractivity contribution is 7.98. The largest absolute Gasteiger partial charge is 0.491 e. The van der Waals surface area contributed by atoms with Crippen molar-refractivity contribution in [3.8, 4) is 5.75 Å². The van der Waals surface area contributed by atoms with Crippen molar-refractivity contribution in [3.05, 3.63) is 59.2 Å². The van der Waals surface area contributed by atoms with Crippen LogP contribution < -0.4 is 20.7 Å². The molecule has 1 aromatic carbocycles. The zero-order chi connectivity index (χ0) is 27.3. The predicted molar refractivity (Wildman–Crippen MR) is 148 cm³/mol. The van der Waals surface area contributed by atoms with Crippen LogP contribution in [-0.2, 0) is 29.0 Å². The molecule has 10 heteroatoms. The van der Waals surface area contributed by atoms with Crippen LogP contribution in [0.4, 0.5) is 4.39 Å². The molecule has 0 aliphatic carbocycles. The Morgan fingerprint density at radius 3 is 2.79 bits per heavy atom. The smallest absolute Gasteiger partial charge is 0.242 e. The van der Waals surface area contributed by atoms with Crippen molar-refractivity contribution in [1.82, 2.24) is 20.9 Å². The van der Waals surface area contributed by atoms with Crippen LogP contribution in [0.5, 0.6) is 5.75 Å². The number of aryl methyl sites for hydroxylation is 1. The van der Waals surface area contributed by atoms with Gasteiger partial charge in [0.05, 0.1) is 18.8 Å². The number of aliphatic hydroxyl groups is 1. The number of hydrogen-bond donors (Lipinski definition) is 4. The molecule has 0 radical (unpaired) electrons. The summed E-state index contributed by atoms with van der Waals surface area (Å²) in [5, 5.41) is 20.1. The number of nitrogens with zero attached hydrogens (tertiary/aromatic N) is 1. The molecule has 1 aromatic heterocycles. The number of carbonyl (C=O) groups excluding carboxylic acids is 2. The average Bonchev–Trinajstić information content (AvgIpc) is 2.91. The van der Waals surface area contributed by atoms with Gasteiger partial charge in [0.2, 0.25) is 11.8 Å². The van der Waals surface area contributed by atoms with Gasteiger partial charge in [-0.15, -0.1) is 0 Å². The summed E-state index contributed by atoms with van der Waals surface area (Å²) in [5.74, 6) is -0.226. The van der Waals surface area contributed by atoms with Gasteiger partial charge >= 0.3 is 0 Å². The topological polar surface area (TPSA) is 113 Å². The summed E-state index contributed by atoms with van der Waals surface area (Å²) in [6.45, 7) is 3.07. The fourth-order valence-corrected chi connectivity index (χ4v) is 4.76. The van der Waals surface area contributed by atoms with Crippen molar-refractivity contribution in [1.29, 1.82) is 0 Å². The van der Waals surface area contributed by atoms with Gasteiger partial charge in [-0.2, -0.15) is 11.8 Å². The van der Waals surface area contributed by atoms with E-state index in [0.29, 0.717) is 43.7 Å². The van der Waals surface area contributed by atoms with E-state index in [2.05, 4.69) is 33.9 Å². The minimum Gasteiger partial charge on any atom is -0.491 e. The van der Waals surface area contributed by atoms with Crippen molar-refractivity contribution in [2.24, 2.45) is 0 Å². The van der Waals surface area contributed by atoms with Crippen LogP contribution in [0.3, 0.4) is 0 Å². The Morgan fingerprint density at radius 1 is 1.21 bits per heavy atom. The number of pyridine rings is 1. The standard InChI is InChI=1S/C28H39FN4O4S/c1-3-19-12-21(16-30-15-19)17-31-18-25(34)24-14-20-7-8-26(22(29)13-20)37-10-5-4-6-27(35)32-23(9-11-38-2)28(36)33-24/h7-8,12-13,15-16,23-25,31,34H,3-6,9-11,14,17-18H2,1-2H3,(H,32,35)(H,33,36)/t23?,24-,25+/m0/s1. The highest BCUT2D eigenvalue weighted by Crippen LogP contribution is 2.20. The third-order valence-electron chi connectivity index (χ3n) is 6.50. The summed E-state index contributed by atoms with van der Waals surface area (Å²) >= 11 is 1.59. The van der Waals surface area contributed by atoms with Crippen molar-refractivity contribution >= 4 is 23.6 Å². The Labute approximate surface area is 228 Å². The second-order valence-electron chi connectivity index (χ2n) is 9.54. The first-order valence-electron chi connectivity index (χ1n) is 13.2. The lowest BCUT2D eigenvalue weighted by molar-refractivity contribution is -0.130. The summed E-state index contributed by atoms with van der Waals surface area (Å²) in [7, 11) is 0. The summed E-state index contributed by atoms with van der Waals surface area (Å²) in [6, 6.07) is 5.34. The van der Waals surface area contributed by atoms with Crippen LogP contribution in [0.25, 0.3) is 0 Å². The third-order valence-corrected chi connectivity index (χ3v) is 7.15. The van der Waals surface area contributed by atoms with E-state index in [-0.39, 0.29) is 37.0 Å². The highest BCUT2D eigenvalue weighted by Gasteiger charge is 2.27. The molecule has 2 bridgehead atoms. The molecule has 8 nitrogen and oxygen atoms in total. The number of ether oxygens (including phenoxy) is 1. The number of halogens is 1. The molecule has 4 N–H and O–H groups in total. The molecule has 2 aliphatic heterocycles. The number of aromatic nitrogens is 1. The van der Waals surface area contributed by atoms with E-state index in [0.717, 1.165) is 17.5 Å². The number of hydrogen-bond acceptors (Lipinski definition) is 7. The fraction of sp³-hybridized carbons (Fsp3) is 0.536. The number of amides is 2. The van der Waals surface area contributed by atoms with E-state index in [1.165, 1.54) is 6.07 Å². The van der Waals surface area contributed by atoms with Crippen LogP contribution >= 0.6 is 11.8 Å². The van der Waals surface area contributed by atoms with Gasteiger partial charge in [-0.05, 0) is 72.9 Å². The monoisotopic (exact) mass is 546 g/mol. The maximum absolute atomic E-state index is 14.7. The van der Waals surface area contributed by atoms with Crippen LogP contribution in [0.1, 0.15) is 49.3 Å². The predicted octanol–water partition coefficient (Wildman–Crippen LogP) is 2.76. The SMILES string of the molecule is CCc1cncc(CNC[C@@H](O)[C@@H]2Cc3ccc(c(F)c3)OCCCCC(=O)NC(CCSC)C(=O)N2)c1. The highest BCUT2D eigenvalue weighted by atomic mass is 32.2. The molecular weight excluding hydrogens is 507 g/mol. The Hall–Kier alpha value is -2.69. The molecule has 2 amide bonds. The van der Waals surface area contributed by atoms with Gasteiger partial charge in [-0.25, -0.2) is 4.39 Å². The van der Waals surface area contributed by atoms with Gasteiger partial charge in [-0.3, -0.25) is 14.6 Å². The van der Waals surface area contributed by atoms with E-state index in [1.807, 2.05) is 12.5 Å². The number of fused-ring (bicyclic) bond motifs is 13. The molecule has 2 aromatic rings. The third kappa shape index (κ3) is 9.56. The van der Waals surface area contributed by atoms with Crippen LogP contribution in [0.15, 0.2) is 36.7 Å². The molecule has 0 saturated carbocycles. The zero-order valence-corrected chi connectivity index (χ0v) is 23.0. The normalized spacial score (nSPS) is 19.9. The molecular formula is C28H39FN4O4S. The number of thioether (sulfide) groups is 1. The second kappa shape index (κ2) is 15.7. The molecule has 0 spiro atoms. The van der Waals surface area contributed by atoms with Crippen LogP contribution in [0.2, 0.25) is 0 Å². The van der Waals surface area contributed by atoms with Crippen LogP contribution in [0, 0.1) is 5.82 Å². The number of aliphatic hydroxyl groups excluding tert-OH is 1. The molecule has 4 rings (SSSR count). The minimum atomic E-state index is -0.962. The molecule has 38 heavy (non-hydrogen) atoms. The Balaban J connectivity index is 1.77. The first-order valence-corrected chi connectivity index (χ1v) is 14.6. The first-order chi connectivity index (χ1) is 18.4. The average molecular weight is 547 g/mol. The molecule has 0 saturated heterocycles. The second-order valence-corrected chi connectivity index (χ2v) is 10.5. The summed E-state index contributed by atoms with van der Waals surface area (Å²) in [6.07, 6.45) is 7.54. The van der Waals surface area contributed by atoms with Gasteiger partial charge in [0, 0.05) is 31.9 Å². The van der Waals surface area contributed by atoms with E-state index in [1.54, 1.807) is 30.1 Å². The van der Waals surface area contributed by atoms with Gasteiger partial charge < -0.3 is 25.8 Å². The van der Waals surface area contributed by atoms with E-state index >= 15 is 0 Å². The number of rotatable bonds is 9. The Kier molecular flexibility index (Phi) is 12.3. The molecule has 3 atom stereocenters. The van der Waals surface area contributed by atoms with E-state index in [9.17, 15) is 19.1 Å². The zero-order valence-electron chi connectivity index (χ0n) is 22.2. The van der Waals surface area contributed by atoms with Gasteiger partial charge in [0.25, 0.3) is 0 Å². The molecule has 0 fully saturated rings. The lowest BCUT2D eigenvalue weighted by Gasteiger charge is -2.28. The maximum Gasteiger partial charge on any atom is 0.242 e. The van der Waals surface area contributed by atoms with Crippen molar-refractivity contribution in [2.75, 3.05) is 25.2 Å². The van der Waals surface area contributed by atoms with Gasteiger partial charge in [0.1, 0.15) is 6.04 Å². The van der Waals surface area contributed by atoms with Gasteiger partial charge in [-0.1, -0.05) is 19.1 Å². The number of nitrogens with one attached hydrogen (secondary N) is 3. The molecule has 1 unspecified atom stereocenters. The Morgan fingerprint density at radius 2 is 2.03 bits per heavy atom. The summed E-state index contributed by atoms with van der Waals surface area (Å²) in [4.78, 5) is 30.1. The van der Waals surface area contributed by atoms with Crippen molar-refractivity contribution < 1.29 is 23.8 Å². The fourth-order valence-electron chi connectivity index (χ4n) is 4.29. The van der Waals surface area contributed by atoms with E-state index < -0.39 is 24.0 Å². The molecule has 208 valence electrons. The molecule has 2 aliphatic rings. The Bertz CT molecular complexity index is 1060. The number of benzene rings is 1. The maximum atomic E-state index is 14.7. The summed E-state index contributed by atoms with van der Waals surface area (Å²) in [5.41, 5.74) is 2.74. The number of carbonyl (C=O) groups is 2. The van der Waals surface area contributed by atoms with E-state index in [4.69, 9.17) is 4.74 Å². The molecule has 3 heterocycles.